The molecule has 1 aromatic heterocycles. The first-order chi connectivity index (χ1) is 11.3. The monoisotopic (exact) mass is 332 g/mol. The third-order valence-electron chi connectivity index (χ3n) is 2.81. The maximum absolute atomic E-state index is 10.7. The summed E-state index contributed by atoms with van der Waals surface area (Å²) in [5, 5.41) is 0. The second-order valence-electron chi connectivity index (χ2n) is 5.34. The van der Waals surface area contributed by atoms with Gasteiger partial charge in [0.1, 0.15) is 11.5 Å². The number of anilines is 2. The smallest absolute Gasteiger partial charge is 0.328 e. The van der Waals surface area contributed by atoms with Crippen molar-refractivity contribution in [3.8, 4) is 17.5 Å². The SMILES string of the molecule is CN(C)c1nc(Oc2ccc(OCC(N)=O)cc2)nc(N(C)C)n1. The number of carbonyl (C=O) groups is 1. The zero-order chi connectivity index (χ0) is 17.7. The highest BCUT2D eigenvalue weighted by Gasteiger charge is 2.11. The van der Waals surface area contributed by atoms with E-state index < -0.39 is 5.91 Å². The first-order valence-corrected chi connectivity index (χ1v) is 7.15. The minimum atomic E-state index is -0.534. The molecule has 0 unspecified atom stereocenters. The van der Waals surface area contributed by atoms with Crippen LogP contribution in [0.4, 0.5) is 11.9 Å². The van der Waals surface area contributed by atoms with Gasteiger partial charge in [0.15, 0.2) is 6.61 Å². The standard InChI is InChI=1S/C15H20N6O3/c1-20(2)13-17-14(21(3)4)19-15(18-13)24-11-7-5-10(6-8-11)23-9-12(16)22/h5-8H,9H2,1-4H3,(H2,16,22). The van der Waals surface area contributed by atoms with Crippen molar-refractivity contribution < 1.29 is 14.3 Å². The van der Waals surface area contributed by atoms with Crippen molar-refractivity contribution in [1.29, 1.82) is 0 Å². The van der Waals surface area contributed by atoms with E-state index >= 15 is 0 Å². The molecule has 0 fully saturated rings. The number of ether oxygens (including phenoxy) is 2. The molecule has 2 aromatic rings. The summed E-state index contributed by atoms with van der Waals surface area (Å²) in [6.07, 6.45) is 0. The van der Waals surface area contributed by atoms with Gasteiger partial charge in [0.25, 0.3) is 5.91 Å². The Labute approximate surface area is 140 Å². The van der Waals surface area contributed by atoms with Gasteiger partial charge >= 0.3 is 6.01 Å². The van der Waals surface area contributed by atoms with Crippen molar-refractivity contribution in [2.45, 2.75) is 0 Å². The van der Waals surface area contributed by atoms with Gasteiger partial charge in [-0.25, -0.2) is 0 Å². The molecule has 24 heavy (non-hydrogen) atoms. The fraction of sp³-hybridized carbons (Fsp3) is 0.333. The first-order valence-electron chi connectivity index (χ1n) is 7.15. The number of carbonyl (C=O) groups excluding carboxylic acids is 1. The largest absolute Gasteiger partial charge is 0.484 e. The molecule has 0 aliphatic rings. The van der Waals surface area contributed by atoms with E-state index in [1.54, 1.807) is 34.1 Å². The number of hydrogen-bond acceptors (Lipinski definition) is 8. The molecular formula is C15H20N6O3. The van der Waals surface area contributed by atoms with E-state index in [-0.39, 0.29) is 12.6 Å². The summed E-state index contributed by atoms with van der Waals surface area (Å²) in [4.78, 5) is 27.1. The summed E-state index contributed by atoms with van der Waals surface area (Å²) in [6, 6.07) is 6.89. The zero-order valence-electron chi connectivity index (χ0n) is 14.1. The number of nitrogens with zero attached hydrogens (tertiary/aromatic N) is 5. The number of rotatable bonds is 7. The summed E-state index contributed by atoms with van der Waals surface area (Å²) in [7, 11) is 7.35. The van der Waals surface area contributed by atoms with Crippen LogP contribution in [0.25, 0.3) is 0 Å². The van der Waals surface area contributed by atoms with Gasteiger partial charge in [-0.05, 0) is 24.3 Å². The van der Waals surface area contributed by atoms with E-state index in [0.717, 1.165) is 0 Å². The molecule has 0 radical (unpaired) electrons. The van der Waals surface area contributed by atoms with Crippen LogP contribution in [0.1, 0.15) is 0 Å². The van der Waals surface area contributed by atoms with E-state index in [2.05, 4.69) is 15.0 Å². The van der Waals surface area contributed by atoms with E-state index in [0.29, 0.717) is 23.4 Å². The number of nitrogens with two attached hydrogens (primary N) is 1. The molecule has 9 nitrogen and oxygen atoms in total. The molecule has 0 bridgehead atoms. The Morgan fingerprint density at radius 1 is 0.958 bits per heavy atom. The Balaban J connectivity index is 2.16. The van der Waals surface area contributed by atoms with Gasteiger partial charge in [0.2, 0.25) is 11.9 Å². The molecule has 0 atom stereocenters. The summed E-state index contributed by atoms with van der Waals surface area (Å²) in [5.41, 5.74) is 5.03. The predicted molar refractivity (Wildman–Crippen MR) is 89.7 cm³/mol. The van der Waals surface area contributed by atoms with Crippen LogP contribution in [0.5, 0.6) is 17.5 Å². The quantitative estimate of drug-likeness (QED) is 0.788. The van der Waals surface area contributed by atoms with E-state index in [9.17, 15) is 4.79 Å². The van der Waals surface area contributed by atoms with Crippen LogP contribution >= 0.6 is 0 Å². The van der Waals surface area contributed by atoms with Crippen molar-refractivity contribution in [1.82, 2.24) is 15.0 Å². The summed E-state index contributed by atoms with van der Waals surface area (Å²) in [6.45, 7) is -0.175. The van der Waals surface area contributed by atoms with Crippen LogP contribution in [0.3, 0.4) is 0 Å². The average Bonchev–Trinajstić information content (AvgIpc) is 2.53. The van der Waals surface area contributed by atoms with Crippen molar-refractivity contribution in [2.24, 2.45) is 5.73 Å². The fourth-order valence-corrected chi connectivity index (χ4v) is 1.64. The molecule has 1 heterocycles. The average molecular weight is 332 g/mol. The number of aromatic nitrogens is 3. The number of benzene rings is 1. The number of primary amides is 1. The number of hydrogen-bond donors (Lipinski definition) is 1. The van der Waals surface area contributed by atoms with E-state index in [1.165, 1.54) is 0 Å². The summed E-state index contributed by atoms with van der Waals surface area (Å²) >= 11 is 0. The van der Waals surface area contributed by atoms with Crippen LogP contribution in [0.2, 0.25) is 0 Å². The Hall–Kier alpha value is -3.10. The van der Waals surface area contributed by atoms with Gasteiger partial charge in [-0.15, -0.1) is 0 Å². The molecule has 1 aromatic carbocycles. The summed E-state index contributed by atoms with van der Waals surface area (Å²) in [5.74, 6) is 1.49. The second kappa shape index (κ2) is 7.44. The van der Waals surface area contributed by atoms with Crippen molar-refractivity contribution >= 4 is 17.8 Å². The lowest BCUT2D eigenvalue weighted by molar-refractivity contribution is -0.119. The molecule has 128 valence electrons. The molecule has 2 rings (SSSR count). The molecule has 0 aliphatic carbocycles. The molecule has 0 spiro atoms. The molecule has 0 saturated carbocycles. The normalized spacial score (nSPS) is 10.2. The second-order valence-corrected chi connectivity index (χ2v) is 5.34. The van der Waals surface area contributed by atoms with Gasteiger partial charge in [-0.2, -0.15) is 15.0 Å². The highest BCUT2D eigenvalue weighted by Crippen LogP contribution is 2.23. The predicted octanol–water partition coefficient (Wildman–Crippen LogP) is 0.660. The lowest BCUT2D eigenvalue weighted by atomic mass is 10.3. The van der Waals surface area contributed by atoms with Gasteiger partial charge in [0.05, 0.1) is 0 Å². The lowest BCUT2D eigenvalue weighted by Gasteiger charge is -2.16. The van der Waals surface area contributed by atoms with Crippen molar-refractivity contribution in [2.75, 3.05) is 44.6 Å². The number of amides is 1. The minimum absolute atomic E-state index is 0.175. The molecular weight excluding hydrogens is 312 g/mol. The van der Waals surface area contributed by atoms with E-state index in [1.807, 2.05) is 28.2 Å². The fourth-order valence-electron chi connectivity index (χ4n) is 1.64. The Morgan fingerprint density at radius 2 is 1.46 bits per heavy atom. The highest BCUT2D eigenvalue weighted by atomic mass is 16.5. The Kier molecular flexibility index (Phi) is 5.35. The molecule has 0 saturated heterocycles. The Morgan fingerprint density at radius 3 is 1.92 bits per heavy atom. The van der Waals surface area contributed by atoms with Crippen molar-refractivity contribution in [3.63, 3.8) is 0 Å². The van der Waals surface area contributed by atoms with E-state index in [4.69, 9.17) is 15.2 Å². The van der Waals surface area contributed by atoms with Crippen molar-refractivity contribution in [3.05, 3.63) is 24.3 Å². The van der Waals surface area contributed by atoms with Gasteiger partial charge < -0.3 is 25.0 Å². The third kappa shape index (κ3) is 4.70. The maximum atomic E-state index is 10.7. The zero-order valence-corrected chi connectivity index (χ0v) is 14.1. The van der Waals surface area contributed by atoms with Gasteiger partial charge in [-0.3, -0.25) is 4.79 Å². The first kappa shape index (κ1) is 17.3. The lowest BCUT2D eigenvalue weighted by Crippen LogP contribution is -2.20. The molecule has 9 heteroatoms. The molecule has 0 aliphatic heterocycles. The van der Waals surface area contributed by atoms with Gasteiger partial charge in [0, 0.05) is 28.2 Å². The summed E-state index contributed by atoms with van der Waals surface area (Å²) < 4.78 is 10.9. The molecule has 2 N–H and O–H groups in total. The van der Waals surface area contributed by atoms with Crippen LogP contribution in [0, 0.1) is 0 Å². The van der Waals surface area contributed by atoms with Crippen LogP contribution in [0.15, 0.2) is 24.3 Å². The van der Waals surface area contributed by atoms with Crippen LogP contribution in [-0.2, 0) is 4.79 Å². The topological polar surface area (TPSA) is 107 Å². The third-order valence-corrected chi connectivity index (χ3v) is 2.81. The molecule has 1 amide bonds. The Bertz CT molecular complexity index is 677. The van der Waals surface area contributed by atoms with Crippen LogP contribution < -0.4 is 25.0 Å². The maximum Gasteiger partial charge on any atom is 0.328 e. The highest BCUT2D eigenvalue weighted by molar-refractivity contribution is 5.75. The van der Waals surface area contributed by atoms with Crippen LogP contribution in [-0.4, -0.2) is 55.7 Å². The van der Waals surface area contributed by atoms with Gasteiger partial charge in [-0.1, -0.05) is 0 Å². The minimum Gasteiger partial charge on any atom is -0.484 e.